The SMILES string of the molecule is CON(C(=O)Cc1csc(N)n1)C1C(=O)N2CC(COC(C)=O)(C(=O)O)CS[C@H]12. The molecule has 3 heterocycles. The van der Waals surface area contributed by atoms with Gasteiger partial charge in [0.25, 0.3) is 11.8 Å². The highest BCUT2D eigenvalue weighted by Gasteiger charge is 2.60. The molecule has 2 aliphatic rings. The number of ether oxygens (including phenoxy) is 1. The smallest absolute Gasteiger partial charge is 0.315 e. The first-order chi connectivity index (χ1) is 13.7. The van der Waals surface area contributed by atoms with Crippen LogP contribution in [0.15, 0.2) is 5.38 Å². The second-order valence-electron chi connectivity index (χ2n) is 6.73. The number of fused-ring (bicyclic) bond motifs is 1. The lowest BCUT2D eigenvalue weighted by Crippen LogP contribution is -2.74. The van der Waals surface area contributed by atoms with Gasteiger partial charge in [0.2, 0.25) is 0 Å². The van der Waals surface area contributed by atoms with Crippen LogP contribution < -0.4 is 5.73 Å². The van der Waals surface area contributed by atoms with Crippen LogP contribution >= 0.6 is 23.1 Å². The number of hydrogen-bond acceptors (Lipinski definition) is 10. The fourth-order valence-corrected chi connectivity index (χ4v) is 5.33. The molecule has 158 valence electrons. The molecular formula is C16H20N4O7S2. The van der Waals surface area contributed by atoms with Crippen LogP contribution in [-0.4, -0.2) is 81.2 Å². The number of esters is 1. The molecule has 0 spiro atoms. The van der Waals surface area contributed by atoms with Crippen LogP contribution in [0.2, 0.25) is 0 Å². The van der Waals surface area contributed by atoms with Crippen LogP contribution in [0.4, 0.5) is 5.13 Å². The number of carbonyl (C=O) groups is 4. The lowest BCUT2D eigenvalue weighted by molar-refractivity contribution is -0.212. The van der Waals surface area contributed by atoms with Gasteiger partial charge < -0.3 is 20.5 Å². The second kappa shape index (κ2) is 8.16. The normalized spacial score (nSPS) is 25.7. The van der Waals surface area contributed by atoms with Gasteiger partial charge >= 0.3 is 11.9 Å². The van der Waals surface area contributed by atoms with E-state index in [1.54, 1.807) is 5.38 Å². The fourth-order valence-electron chi connectivity index (χ4n) is 3.21. The summed E-state index contributed by atoms with van der Waals surface area (Å²) in [5, 5.41) is 12.2. The summed E-state index contributed by atoms with van der Waals surface area (Å²) in [6, 6.07) is -0.867. The third kappa shape index (κ3) is 4.02. The Kier molecular flexibility index (Phi) is 6.00. The molecule has 3 rings (SSSR count). The Bertz CT molecular complexity index is 847. The zero-order chi connectivity index (χ0) is 21.3. The zero-order valence-corrected chi connectivity index (χ0v) is 17.3. The molecule has 29 heavy (non-hydrogen) atoms. The standard InChI is InChI=1S/C16H20N4O7S2/c1-8(21)27-6-16(14(24)25)5-19-12(23)11(13(19)29-7-16)20(26-2)10(22)3-9-4-28-15(17)18-9/h4,11,13H,3,5-7H2,1-2H3,(H2,17,18)(H,24,25)/t11?,13-,16?/m1/s1. The van der Waals surface area contributed by atoms with Crippen LogP contribution in [0.3, 0.4) is 0 Å². The Morgan fingerprint density at radius 2 is 2.21 bits per heavy atom. The van der Waals surface area contributed by atoms with Crippen molar-refractivity contribution >= 4 is 52.0 Å². The number of aromatic nitrogens is 1. The molecule has 3 N–H and O–H groups in total. The largest absolute Gasteiger partial charge is 0.481 e. The van der Waals surface area contributed by atoms with Gasteiger partial charge in [-0.05, 0) is 0 Å². The van der Waals surface area contributed by atoms with E-state index < -0.39 is 40.6 Å². The van der Waals surface area contributed by atoms with Crippen molar-refractivity contribution in [1.82, 2.24) is 14.9 Å². The molecule has 1 aromatic rings. The minimum Gasteiger partial charge on any atom is -0.481 e. The van der Waals surface area contributed by atoms with Crippen LogP contribution in [-0.2, 0) is 35.2 Å². The number of nitrogen functional groups attached to an aromatic ring is 1. The van der Waals surface area contributed by atoms with Crippen molar-refractivity contribution in [3.63, 3.8) is 0 Å². The molecule has 0 saturated carbocycles. The van der Waals surface area contributed by atoms with Gasteiger partial charge in [-0.25, -0.2) is 10.0 Å². The molecule has 2 unspecified atom stereocenters. The number of rotatable bonds is 7. The number of carboxylic acid groups (broad SMARTS) is 1. The fraction of sp³-hybridized carbons (Fsp3) is 0.562. The van der Waals surface area contributed by atoms with E-state index in [1.165, 1.54) is 42.0 Å². The topological polar surface area (TPSA) is 152 Å². The van der Waals surface area contributed by atoms with E-state index in [1.807, 2.05) is 0 Å². The van der Waals surface area contributed by atoms with Crippen LogP contribution in [0, 0.1) is 5.41 Å². The van der Waals surface area contributed by atoms with Crippen molar-refractivity contribution in [3.05, 3.63) is 11.1 Å². The summed E-state index contributed by atoms with van der Waals surface area (Å²) in [6.07, 6.45) is -0.0752. The van der Waals surface area contributed by atoms with E-state index in [-0.39, 0.29) is 25.3 Å². The quantitative estimate of drug-likeness (QED) is 0.322. The third-order valence-corrected chi connectivity index (χ3v) is 7.01. The number of hydroxylamine groups is 2. The summed E-state index contributed by atoms with van der Waals surface area (Å²) in [5.41, 5.74) is 4.65. The van der Waals surface area contributed by atoms with Crippen molar-refractivity contribution in [2.45, 2.75) is 24.8 Å². The molecule has 0 bridgehead atoms. The van der Waals surface area contributed by atoms with Crippen LogP contribution in [0.1, 0.15) is 12.6 Å². The van der Waals surface area contributed by atoms with Crippen molar-refractivity contribution < 1.29 is 33.9 Å². The third-order valence-electron chi connectivity index (χ3n) is 4.72. The molecular weight excluding hydrogens is 424 g/mol. The highest BCUT2D eigenvalue weighted by Crippen LogP contribution is 2.44. The van der Waals surface area contributed by atoms with Gasteiger partial charge in [-0.2, -0.15) is 0 Å². The molecule has 13 heteroatoms. The number of nitrogens with zero attached hydrogens (tertiary/aromatic N) is 3. The van der Waals surface area contributed by atoms with Crippen molar-refractivity contribution in [2.24, 2.45) is 5.41 Å². The first kappa shape index (κ1) is 21.3. The first-order valence-corrected chi connectivity index (χ1v) is 10.5. The van der Waals surface area contributed by atoms with Gasteiger partial charge in [0.1, 0.15) is 17.4 Å². The molecule has 0 radical (unpaired) electrons. The number of carboxylic acids is 1. The predicted octanol–water partition coefficient (Wildman–Crippen LogP) is -0.424. The maximum Gasteiger partial charge on any atom is 0.315 e. The molecule has 0 aromatic carbocycles. The van der Waals surface area contributed by atoms with E-state index in [4.69, 9.17) is 15.3 Å². The van der Waals surface area contributed by atoms with Crippen LogP contribution in [0.5, 0.6) is 0 Å². The van der Waals surface area contributed by atoms with Gasteiger partial charge in [-0.3, -0.25) is 24.0 Å². The Morgan fingerprint density at radius 3 is 2.76 bits per heavy atom. The van der Waals surface area contributed by atoms with E-state index >= 15 is 0 Å². The lowest BCUT2D eigenvalue weighted by Gasteiger charge is -2.55. The minimum atomic E-state index is -1.40. The Balaban J connectivity index is 1.70. The van der Waals surface area contributed by atoms with Crippen LogP contribution in [0.25, 0.3) is 0 Å². The molecule has 11 nitrogen and oxygen atoms in total. The molecule has 2 amide bonds. The van der Waals surface area contributed by atoms with E-state index in [0.717, 1.165) is 5.06 Å². The Labute approximate surface area is 174 Å². The number of amides is 2. The Hall–Kier alpha value is -2.38. The average molecular weight is 444 g/mol. The summed E-state index contributed by atoms with van der Waals surface area (Å²) in [4.78, 5) is 58.8. The van der Waals surface area contributed by atoms with Gasteiger partial charge in [0, 0.05) is 24.6 Å². The molecule has 2 aliphatic heterocycles. The summed E-state index contributed by atoms with van der Waals surface area (Å²) in [6.45, 7) is 0.748. The first-order valence-electron chi connectivity index (χ1n) is 8.53. The molecule has 0 aliphatic carbocycles. The van der Waals surface area contributed by atoms with Crippen molar-refractivity contribution in [2.75, 3.05) is 31.7 Å². The van der Waals surface area contributed by atoms with Gasteiger partial charge in [0.15, 0.2) is 11.2 Å². The van der Waals surface area contributed by atoms with Gasteiger partial charge in [0.05, 0.1) is 19.2 Å². The number of hydrogen-bond donors (Lipinski definition) is 2. The molecule has 2 fully saturated rings. The van der Waals surface area contributed by atoms with Crippen molar-refractivity contribution in [3.8, 4) is 0 Å². The highest BCUT2D eigenvalue weighted by atomic mass is 32.2. The second-order valence-corrected chi connectivity index (χ2v) is 8.73. The van der Waals surface area contributed by atoms with Gasteiger partial charge in [-0.1, -0.05) is 0 Å². The summed E-state index contributed by atoms with van der Waals surface area (Å²) in [7, 11) is 1.29. The minimum absolute atomic E-state index is 0.0752. The highest BCUT2D eigenvalue weighted by molar-refractivity contribution is 8.00. The molecule has 3 atom stereocenters. The van der Waals surface area contributed by atoms with Crippen molar-refractivity contribution in [1.29, 1.82) is 0 Å². The van der Waals surface area contributed by atoms with E-state index in [2.05, 4.69) is 4.98 Å². The monoisotopic (exact) mass is 444 g/mol. The number of aliphatic carboxylic acids is 1. The predicted molar refractivity (Wildman–Crippen MR) is 103 cm³/mol. The Morgan fingerprint density at radius 1 is 1.48 bits per heavy atom. The maximum absolute atomic E-state index is 12.7. The number of thioether (sulfide) groups is 1. The number of anilines is 1. The maximum atomic E-state index is 12.7. The number of β-lactam (4-membered cyclic amide) rings is 1. The summed E-state index contributed by atoms with van der Waals surface area (Å²) >= 11 is 2.41. The van der Waals surface area contributed by atoms with E-state index in [9.17, 15) is 24.3 Å². The van der Waals surface area contributed by atoms with E-state index in [0.29, 0.717) is 10.8 Å². The molecule has 1 aromatic heterocycles. The number of nitrogens with two attached hydrogens (primary N) is 1. The number of thiazole rings is 1. The van der Waals surface area contributed by atoms with Gasteiger partial charge in [-0.15, -0.1) is 23.1 Å². The summed E-state index contributed by atoms with van der Waals surface area (Å²) < 4.78 is 4.91. The number of carbonyl (C=O) groups excluding carboxylic acids is 3. The average Bonchev–Trinajstić information content (AvgIpc) is 3.08. The zero-order valence-electron chi connectivity index (χ0n) is 15.7. The molecule has 2 saturated heterocycles. The lowest BCUT2D eigenvalue weighted by atomic mass is 9.88. The summed E-state index contributed by atoms with van der Waals surface area (Å²) in [5.74, 6) is -2.50.